The normalized spacial score (nSPS) is 25.1. The minimum Gasteiger partial charge on any atom is -0.354 e. The third kappa shape index (κ3) is 3.13. The number of allylic oxidation sites excluding steroid dienone is 1. The number of aromatic nitrogens is 3. The van der Waals surface area contributed by atoms with Gasteiger partial charge in [-0.1, -0.05) is 17.7 Å². The van der Waals surface area contributed by atoms with E-state index < -0.39 is 5.79 Å². The summed E-state index contributed by atoms with van der Waals surface area (Å²) in [7, 11) is 1.66. The van der Waals surface area contributed by atoms with Crippen LogP contribution in [0, 0.1) is 5.92 Å². The summed E-state index contributed by atoms with van der Waals surface area (Å²) in [5, 5.41) is 1.34. The number of hydrogen-bond acceptors (Lipinski definition) is 4. The second-order valence-corrected chi connectivity index (χ2v) is 6.78. The molecule has 0 radical (unpaired) electrons. The number of fused-ring (bicyclic) bond motifs is 1. The van der Waals surface area contributed by atoms with Gasteiger partial charge in [0.15, 0.2) is 5.79 Å². The van der Waals surface area contributed by atoms with E-state index in [1.807, 2.05) is 32.2 Å². The van der Waals surface area contributed by atoms with E-state index in [2.05, 4.69) is 21.1 Å². The van der Waals surface area contributed by atoms with Gasteiger partial charge in [-0.3, -0.25) is 0 Å². The molecule has 0 spiro atoms. The molecule has 1 fully saturated rings. The first-order valence-corrected chi connectivity index (χ1v) is 8.15. The van der Waals surface area contributed by atoms with Crippen molar-refractivity contribution in [2.45, 2.75) is 44.6 Å². The van der Waals surface area contributed by atoms with Gasteiger partial charge in [0.05, 0.1) is 17.5 Å². The van der Waals surface area contributed by atoms with Crippen LogP contribution >= 0.6 is 11.6 Å². The Morgan fingerprint density at radius 3 is 2.87 bits per heavy atom. The standard InChI is InChI=1S/C17H22ClN3O2/c1-5-11-8-13(14(9-11)23-17(2,3)22-4)21-7-6-12-15(18)19-10-20-16(12)21/h5-7,10-11,13-14H,1,8-9H2,2-4H3/t11-,13+,14+/m0/s1. The maximum atomic E-state index is 6.23. The van der Waals surface area contributed by atoms with Gasteiger partial charge in [0.2, 0.25) is 0 Å². The summed E-state index contributed by atoms with van der Waals surface area (Å²) >= 11 is 6.17. The van der Waals surface area contributed by atoms with Crippen molar-refractivity contribution in [3.05, 3.63) is 36.4 Å². The fourth-order valence-corrected chi connectivity index (χ4v) is 3.44. The van der Waals surface area contributed by atoms with Gasteiger partial charge >= 0.3 is 0 Å². The van der Waals surface area contributed by atoms with Crippen LogP contribution in [-0.2, 0) is 9.47 Å². The van der Waals surface area contributed by atoms with E-state index >= 15 is 0 Å². The summed E-state index contributed by atoms with van der Waals surface area (Å²) in [6, 6.07) is 2.12. The SMILES string of the molecule is C=C[C@H]1C[C@@H](n2ccc3c(Cl)ncnc32)[C@H](OC(C)(C)OC)C1. The zero-order chi connectivity index (χ0) is 16.6. The molecule has 3 rings (SSSR count). The topological polar surface area (TPSA) is 49.2 Å². The van der Waals surface area contributed by atoms with E-state index in [1.54, 1.807) is 7.11 Å². The van der Waals surface area contributed by atoms with Crippen molar-refractivity contribution in [1.29, 1.82) is 0 Å². The summed E-state index contributed by atoms with van der Waals surface area (Å²) < 4.78 is 13.8. The molecule has 0 saturated heterocycles. The smallest absolute Gasteiger partial charge is 0.162 e. The van der Waals surface area contributed by atoms with Crippen LogP contribution < -0.4 is 0 Å². The molecule has 2 aromatic heterocycles. The summed E-state index contributed by atoms with van der Waals surface area (Å²) in [5.41, 5.74) is 0.837. The van der Waals surface area contributed by atoms with Crippen molar-refractivity contribution in [2.75, 3.05) is 7.11 Å². The number of nitrogens with zero attached hydrogens (tertiary/aromatic N) is 3. The van der Waals surface area contributed by atoms with Crippen LogP contribution in [0.2, 0.25) is 5.15 Å². The molecule has 5 nitrogen and oxygen atoms in total. The Kier molecular flexibility index (Phi) is 4.45. The van der Waals surface area contributed by atoms with Crippen LogP contribution in [0.15, 0.2) is 31.2 Å². The van der Waals surface area contributed by atoms with Gasteiger partial charge in [-0.05, 0) is 38.7 Å². The van der Waals surface area contributed by atoms with Crippen molar-refractivity contribution < 1.29 is 9.47 Å². The van der Waals surface area contributed by atoms with E-state index in [-0.39, 0.29) is 12.1 Å². The zero-order valence-corrected chi connectivity index (χ0v) is 14.5. The second kappa shape index (κ2) is 6.23. The van der Waals surface area contributed by atoms with Crippen molar-refractivity contribution in [1.82, 2.24) is 14.5 Å². The maximum absolute atomic E-state index is 6.23. The Bertz CT molecular complexity index is 713. The molecule has 2 aromatic rings. The van der Waals surface area contributed by atoms with E-state index in [1.165, 1.54) is 6.33 Å². The summed E-state index contributed by atoms with van der Waals surface area (Å²) in [6.45, 7) is 7.80. The highest BCUT2D eigenvalue weighted by Gasteiger charge is 2.39. The van der Waals surface area contributed by atoms with Crippen molar-refractivity contribution in [2.24, 2.45) is 5.92 Å². The molecule has 0 aromatic carbocycles. The molecule has 0 bridgehead atoms. The van der Waals surface area contributed by atoms with E-state index in [4.69, 9.17) is 21.1 Å². The molecular formula is C17H22ClN3O2. The molecule has 0 amide bonds. The average Bonchev–Trinajstić information content (AvgIpc) is 3.11. The van der Waals surface area contributed by atoms with Crippen LogP contribution in [0.3, 0.4) is 0 Å². The van der Waals surface area contributed by atoms with E-state index in [9.17, 15) is 0 Å². The Balaban J connectivity index is 1.97. The first-order valence-electron chi connectivity index (χ1n) is 7.77. The molecule has 1 saturated carbocycles. The van der Waals surface area contributed by atoms with Gasteiger partial charge < -0.3 is 14.0 Å². The Hall–Kier alpha value is -1.43. The summed E-state index contributed by atoms with van der Waals surface area (Å²) in [5.74, 6) is -0.221. The summed E-state index contributed by atoms with van der Waals surface area (Å²) in [4.78, 5) is 8.45. The monoisotopic (exact) mass is 335 g/mol. The Labute approximate surface area is 141 Å². The average molecular weight is 336 g/mol. The molecular weight excluding hydrogens is 314 g/mol. The zero-order valence-electron chi connectivity index (χ0n) is 13.7. The van der Waals surface area contributed by atoms with Crippen LogP contribution in [0.25, 0.3) is 11.0 Å². The Morgan fingerprint density at radius 1 is 1.39 bits per heavy atom. The van der Waals surface area contributed by atoms with Crippen LogP contribution in [0.1, 0.15) is 32.7 Å². The first-order chi connectivity index (χ1) is 10.9. The molecule has 0 N–H and O–H groups in total. The summed E-state index contributed by atoms with van der Waals surface area (Å²) in [6.07, 6.45) is 7.41. The van der Waals surface area contributed by atoms with Gasteiger partial charge in [0.25, 0.3) is 0 Å². The minimum absolute atomic E-state index is 0.0253. The second-order valence-electron chi connectivity index (χ2n) is 6.42. The number of ether oxygens (including phenoxy) is 2. The lowest BCUT2D eigenvalue weighted by Crippen LogP contribution is -2.35. The molecule has 6 heteroatoms. The maximum Gasteiger partial charge on any atom is 0.162 e. The highest BCUT2D eigenvalue weighted by Crippen LogP contribution is 2.41. The third-order valence-electron chi connectivity index (χ3n) is 4.59. The number of rotatable bonds is 5. The Morgan fingerprint density at radius 2 is 2.17 bits per heavy atom. The largest absolute Gasteiger partial charge is 0.354 e. The molecule has 2 heterocycles. The minimum atomic E-state index is -0.630. The fourth-order valence-electron chi connectivity index (χ4n) is 3.25. The number of hydrogen-bond donors (Lipinski definition) is 0. The highest BCUT2D eigenvalue weighted by molar-refractivity contribution is 6.33. The predicted molar refractivity (Wildman–Crippen MR) is 90.5 cm³/mol. The van der Waals surface area contributed by atoms with Crippen molar-refractivity contribution >= 4 is 22.6 Å². The van der Waals surface area contributed by atoms with Crippen LogP contribution in [0.4, 0.5) is 0 Å². The lowest BCUT2D eigenvalue weighted by Gasteiger charge is -2.31. The lowest BCUT2D eigenvalue weighted by atomic mass is 10.1. The lowest BCUT2D eigenvalue weighted by molar-refractivity contribution is -0.227. The van der Waals surface area contributed by atoms with E-state index in [0.29, 0.717) is 11.1 Å². The fraction of sp³-hybridized carbons (Fsp3) is 0.529. The van der Waals surface area contributed by atoms with Gasteiger partial charge in [0.1, 0.15) is 17.1 Å². The van der Waals surface area contributed by atoms with Gasteiger partial charge in [-0.15, -0.1) is 6.58 Å². The number of halogens is 1. The van der Waals surface area contributed by atoms with Gasteiger partial charge in [0, 0.05) is 13.3 Å². The van der Waals surface area contributed by atoms with E-state index in [0.717, 1.165) is 23.9 Å². The molecule has 3 atom stereocenters. The van der Waals surface area contributed by atoms with Crippen molar-refractivity contribution in [3.63, 3.8) is 0 Å². The number of methoxy groups -OCH3 is 1. The van der Waals surface area contributed by atoms with Gasteiger partial charge in [-0.25, -0.2) is 9.97 Å². The highest BCUT2D eigenvalue weighted by atomic mass is 35.5. The predicted octanol–water partition coefficient (Wildman–Crippen LogP) is 3.99. The molecule has 124 valence electrons. The van der Waals surface area contributed by atoms with Gasteiger partial charge in [-0.2, -0.15) is 0 Å². The molecule has 1 aliphatic rings. The molecule has 23 heavy (non-hydrogen) atoms. The third-order valence-corrected chi connectivity index (χ3v) is 4.89. The molecule has 0 unspecified atom stereocenters. The van der Waals surface area contributed by atoms with Crippen molar-refractivity contribution in [3.8, 4) is 0 Å². The van der Waals surface area contributed by atoms with Crippen LogP contribution in [-0.4, -0.2) is 33.5 Å². The quantitative estimate of drug-likeness (QED) is 0.471. The molecule has 1 aliphatic carbocycles. The molecule has 0 aliphatic heterocycles. The first kappa shape index (κ1) is 16.4. The van der Waals surface area contributed by atoms with Crippen LogP contribution in [0.5, 0.6) is 0 Å².